The first kappa shape index (κ1) is 29.8. The molecule has 0 bridgehead atoms. The molecule has 0 aliphatic heterocycles. The minimum Gasteiger partial charge on any atom is -0.434 e. The molecule has 0 spiro atoms. The lowest BCUT2D eigenvalue weighted by atomic mass is 9.77. The number of aliphatic hydroxyl groups is 2. The number of nitrogens with one attached hydrogen (secondary N) is 1. The Morgan fingerprint density at radius 3 is 2.61 bits per heavy atom. The molecular weight excluding hydrogens is 508 g/mol. The van der Waals surface area contributed by atoms with E-state index in [1.54, 1.807) is 13.8 Å². The molecule has 0 radical (unpaired) electrons. The standard InChI is InChI=1S/C26H36F4N4O4/c1-6-34-21(17-12-31-16(10-18(17)38-24(29)30)11-25(4,5)23(27)28)15(3)20(33-34)22(36)32-13-26(37)8-7-14(2)9-19(26)35/h10,12,14,19,23-24,35,37H,6-9,11,13H2,1-5H3,(H,32,36)/t14-,19-,26-/m0/s1. The maximum atomic E-state index is 13.4. The van der Waals surface area contributed by atoms with Gasteiger partial charge in [0.25, 0.3) is 5.91 Å². The van der Waals surface area contributed by atoms with Crippen molar-refractivity contribution in [2.75, 3.05) is 6.54 Å². The van der Waals surface area contributed by atoms with Crippen LogP contribution in [0, 0.1) is 18.3 Å². The van der Waals surface area contributed by atoms with Gasteiger partial charge in [0, 0.05) is 48.4 Å². The van der Waals surface area contributed by atoms with Gasteiger partial charge in [-0.25, -0.2) is 8.78 Å². The van der Waals surface area contributed by atoms with Crippen molar-refractivity contribution in [3.63, 3.8) is 0 Å². The lowest BCUT2D eigenvalue weighted by Crippen LogP contribution is -2.54. The van der Waals surface area contributed by atoms with Crippen LogP contribution < -0.4 is 10.1 Å². The topological polar surface area (TPSA) is 110 Å². The van der Waals surface area contributed by atoms with Crippen molar-refractivity contribution >= 4 is 5.91 Å². The highest BCUT2D eigenvalue weighted by Crippen LogP contribution is 2.37. The normalized spacial score (nSPS) is 22.2. The van der Waals surface area contributed by atoms with Gasteiger partial charge in [0.05, 0.1) is 17.4 Å². The number of nitrogens with zero attached hydrogens (tertiary/aromatic N) is 3. The first-order valence-electron chi connectivity index (χ1n) is 12.7. The molecular formula is C26H36F4N4O4. The van der Waals surface area contributed by atoms with Gasteiger partial charge >= 0.3 is 6.61 Å². The zero-order valence-electron chi connectivity index (χ0n) is 22.3. The largest absolute Gasteiger partial charge is 0.434 e. The van der Waals surface area contributed by atoms with Crippen LogP contribution in [-0.4, -0.2) is 62.2 Å². The number of halogens is 4. The molecule has 212 valence electrons. The maximum absolute atomic E-state index is 13.4. The van der Waals surface area contributed by atoms with Gasteiger partial charge in [-0.2, -0.15) is 13.9 Å². The molecule has 0 unspecified atom stereocenters. The van der Waals surface area contributed by atoms with Gasteiger partial charge in [-0.1, -0.05) is 20.8 Å². The van der Waals surface area contributed by atoms with Gasteiger partial charge in [-0.15, -0.1) is 0 Å². The molecule has 2 aromatic heterocycles. The Morgan fingerprint density at radius 1 is 1.34 bits per heavy atom. The summed E-state index contributed by atoms with van der Waals surface area (Å²) < 4.78 is 59.5. The second-order valence-corrected chi connectivity index (χ2v) is 10.8. The number of pyridine rings is 1. The number of amides is 1. The minimum atomic E-state index is -3.18. The summed E-state index contributed by atoms with van der Waals surface area (Å²) in [7, 11) is 0. The van der Waals surface area contributed by atoms with Crippen molar-refractivity contribution in [2.45, 2.75) is 91.6 Å². The lowest BCUT2D eigenvalue weighted by Gasteiger charge is -2.39. The smallest absolute Gasteiger partial charge is 0.387 e. The molecule has 1 fully saturated rings. The van der Waals surface area contributed by atoms with Crippen LogP contribution in [0.2, 0.25) is 0 Å². The SMILES string of the molecule is CCn1nc(C(=O)NC[C@@]2(O)CC[C@H](C)C[C@@H]2O)c(C)c1-c1cnc(CC(C)(C)C(F)F)cc1OC(F)F. The Labute approximate surface area is 219 Å². The molecule has 1 aliphatic carbocycles. The number of rotatable bonds is 10. The van der Waals surface area contributed by atoms with Crippen LogP contribution in [0.4, 0.5) is 17.6 Å². The van der Waals surface area contributed by atoms with Gasteiger partial charge in [-0.3, -0.25) is 14.5 Å². The number of carbonyl (C=O) groups excluding carboxylic acids is 1. The van der Waals surface area contributed by atoms with Gasteiger partial charge < -0.3 is 20.3 Å². The highest BCUT2D eigenvalue weighted by Gasteiger charge is 2.40. The fourth-order valence-electron chi connectivity index (χ4n) is 4.73. The molecule has 38 heavy (non-hydrogen) atoms. The van der Waals surface area contributed by atoms with Crippen LogP contribution in [0.1, 0.15) is 68.7 Å². The van der Waals surface area contributed by atoms with Crippen molar-refractivity contribution in [1.29, 1.82) is 0 Å². The van der Waals surface area contributed by atoms with Gasteiger partial charge in [0.15, 0.2) is 5.69 Å². The summed E-state index contributed by atoms with van der Waals surface area (Å²) in [6, 6.07) is 1.21. The first-order valence-corrected chi connectivity index (χ1v) is 12.7. The van der Waals surface area contributed by atoms with Crippen molar-refractivity contribution in [2.24, 2.45) is 11.3 Å². The van der Waals surface area contributed by atoms with E-state index in [0.717, 1.165) is 0 Å². The summed E-state index contributed by atoms with van der Waals surface area (Å²) >= 11 is 0. The Hall–Kier alpha value is -2.73. The number of hydrogen-bond acceptors (Lipinski definition) is 6. The highest BCUT2D eigenvalue weighted by atomic mass is 19.3. The predicted molar refractivity (Wildman–Crippen MR) is 132 cm³/mol. The molecule has 0 aromatic carbocycles. The number of hydrogen-bond donors (Lipinski definition) is 3. The molecule has 3 N–H and O–H groups in total. The predicted octanol–water partition coefficient (Wildman–Crippen LogP) is 4.35. The molecule has 8 nitrogen and oxygen atoms in total. The van der Waals surface area contributed by atoms with Crippen LogP contribution >= 0.6 is 0 Å². The fourth-order valence-corrected chi connectivity index (χ4v) is 4.73. The van der Waals surface area contributed by atoms with Crippen molar-refractivity contribution in [3.05, 3.63) is 29.2 Å². The molecule has 2 heterocycles. The van der Waals surface area contributed by atoms with E-state index in [4.69, 9.17) is 4.74 Å². The molecule has 1 aliphatic rings. The van der Waals surface area contributed by atoms with E-state index < -0.39 is 36.1 Å². The average molecular weight is 545 g/mol. The van der Waals surface area contributed by atoms with Crippen molar-refractivity contribution < 1.29 is 37.3 Å². The Morgan fingerprint density at radius 2 is 2.03 bits per heavy atom. The molecule has 3 rings (SSSR count). The second kappa shape index (κ2) is 11.6. The summed E-state index contributed by atoms with van der Waals surface area (Å²) in [6.45, 7) is 4.95. The summed E-state index contributed by atoms with van der Waals surface area (Å²) in [6.07, 6.45) is -1.08. The Kier molecular flexibility index (Phi) is 9.08. The number of aryl methyl sites for hydroxylation is 1. The van der Waals surface area contributed by atoms with E-state index in [1.165, 1.54) is 30.8 Å². The molecule has 1 saturated carbocycles. The second-order valence-electron chi connectivity index (χ2n) is 10.8. The summed E-state index contributed by atoms with van der Waals surface area (Å²) in [5.74, 6) is -0.611. The van der Waals surface area contributed by atoms with Crippen LogP contribution in [0.15, 0.2) is 12.3 Å². The number of ether oxygens (including phenoxy) is 1. The van der Waals surface area contributed by atoms with Crippen LogP contribution in [-0.2, 0) is 13.0 Å². The number of aromatic nitrogens is 3. The molecule has 2 aromatic rings. The molecule has 1 amide bonds. The summed E-state index contributed by atoms with van der Waals surface area (Å²) in [4.78, 5) is 17.3. The van der Waals surface area contributed by atoms with Crippen molar-refractivity contribution in [3.8, 4) is 17.0 Å². The van der Waals surface area contributed by atoms with E-state index in [0.29, 0.717) is 30.5 Å². The van der Waals surface area contributed by atoms with Gasteiger partial charge in [-0.05, 0) is 39.0 Å². The molecule has 3 atom stereocenters. The maximum Gasteiger partial charge on any atom is 0.387 e. The molecule has 0 saturated heterocycles. The Balaban J connectivity index is 1.93. The quantitative estimate of drug-likeness (QED) is 0.384. The van der Waals surface area contributed by atoms with E-state index in [-0.39, 0.29) is 48.1 Å². The third kappa shape index (κ3) is 6.45. The minimum absolute atomic E-state index is 0.00928. The highest BCUT2D eigenvalue weighted by molar-refractivity contribution is 5.95. The van der Waals surface area contributed by atoms with E-state index in [2.05, 4.69) is 15.4 Å². The van der Waals surface area contributed by atoms with Gasteiger partial charge in [0.2, 0.25) is 6.43 Å². The number of aliphatic hydroxyl groups excluding tert-OH is 1. The monoisotopic (exact) mass is 544 g/mol. The zero-order valence-corrected chi connectivity index (χ0v) is 22.3. The summed E-state index contributed by atoms with van der Waals surface area (Å²) in [5, 5.41) is 28.2. The summed E-state index contributed by atoms with van der Waals surface area (Å²) in [5.41, 5.74) is -1.93. The van der Waals surface area contributed by atoms with Crippen LogP contribution in [0.25, 0.3) is 11.3 Å². The van der Waals surface area contributed by atoms with Crippen molar-refractivity contribution in [1.82, 2.24) is 20.1 Å². The lowest BCUT2D eigenvalue weighted by molar-refractivity contribution is -0.106. The van der Waals surface area contributed by atoms with E-state index in [9.17, 15) is 32.6 Å². The van der Waals surface area contributed by atoms with Crippen LogP contribution in [0.5, 0.6) is 5.75 Å². The fraction of sp³-hybridized carbons (Fsp3) is 0.654. The number of carbonyl (C=O) groups is 1. The zero-order chi connectivity index (χ0) is 28.4. The third-order valence-corrected chi connectivity index (χ3v) is 7.20. The Bertz CT molecular complexity index is 1140. The molecule has 12 heteroatoms. The van der Waals surface area contributed by atoms with E-state index >= 15 is 0 Å². The first-order chi connectivity index (χ1) is 17.7. The average Bonchev–Trinajstić information content (AvgIpc) is 3.16. The van der Waals surface area contributed by atoms with Gasteiger partial charge in [0.1, 0.15) is 11.4 Å². The van der Waals surface area contributed by atoms with Crippen LogP contribution in [0.3, 0.4) is 0 Å². The number of alkyl halides is 4. The van der Waals surface area contributed by atoms with E-state index in [1.807, 2.05) is 6.92 Å². The third-order valence-electron chi connectivity index (χ3n) is 7.20.